The smallest absolute Gasteiger partial charge is 0.253 e. The molecule has 0 fully saturated rings. The summed E-state index contributed by atoms with van der Waals surface area (Å²) in [5.41, 5.74) is 9.63. The fourth-order valence-corrected chi connectivity index (χ4v) is 5.09. The number of halogens is 2. The van der Waals surface area contributed by atoms with Crippen LogP contribution in [0.5, 0.6) is 0 Å². The molecule has 0 saturated carbocycles. The highest BCUT2D eigenvalue weighted by molar-refractivity contribution is 6.00. The second-order valence-electron chi connectivity index (χ2n) is 10.8. The van der Waals surface area contributed by atoms with E-state index >= 15 is 0 Å². The highest BCUT2D eigenvalue weighted by Crippen LogP contribution is 2.16. The average molecular weight is 595 g/mol. The molecule has 5 N–H and O–H groups in total. The van der Waals surface area contributed by atoms with E-state index in [4.69, 9.17) is 5.73 Å². The van der Waals surface area contributed by atoms with Crippen LogP contribution in [0.4, 0.5) is 8.78 Å². The molecule has 2 unspecified atom stereocenters. The van der Waals surface area contributed by atoms with Crippen LogP contribution in [0.25, 0.3) is 0 Å². The van der Waals surface area contributed by atoms with Crippen LogP contribution in [-0.4, -0.2) is 53.6 Å². The monoisotopic (exact) mass is 594 g/mol. The van der Waals surface area contributed by atoms with E-state index in [1.165, 1.54) is 23.8 Å². The van der Waals surface area contributed by atoms with Crippen LogP contribution in [0.2, 0.25) is 0 Å². The third kappa shape index (κ3) is 10.2. The van der Waals surface area contributed by atoms with E-state index in [-0.39, 0.29) is 31.0 Å². The van der Waals surface area contributed by atoms with Gasteiger partial charge in [-0.1, -0.05) is 45.0 Å². The second-order valence-corrected chi connectivity index (χ2v) is 10.8. The van der Waals surface area contributed by atoms with Gasteiger partial charge in [0.15, 0.2) is 0 Å². The molecule has 2 amide bonds. The maximum Gasteiger partial charge on any atom is 0.253 e. The minimum absolute atomic E-state index is 0.0161. The SMILES string of the molecule is CCCN(CCC)C(=O)c1cc(CN)cc(C(=O)NC(Cc2cc(F)cc(F)c2)C(O)CNCc2cccc(CC)c2)c1. The number of aliphatic hydroxyl groups excluding tert-OH is 1. The van der Waals surface area contributed by atoms with Gasteiger partial charge in [0.05, 0.1) is 12.1 Å². The first kappa shape index (κ1) is 33.8. The molecular weight excluding hydrogens is 550 g/mol. The molecule has 2 atom stereocenters. The Morgan fingerprint density at radius 1 is 0.860 bits per heavy atom. The lowest BCUT2D eigenvalue weighted by Crippen LogP contribution is -2.48. The summed E-state index contributed by atoms with van der Waals surface area (Å²) in [6.07, 6.45) is 1.40. The number of amides is 2. The molecule has 0 spiro atoms. The average Bonchev–Trinajstić information content (AvgIpc) is 2.99. The van der Waals surface area contributed by atoms with Crippen LogP contribution in [0.1, 0.15) is 76.6 Å². The molecule has 3 rings (SSSR count). The Labute approximate surface area is 253 Å². The number of hydrogen-bond acceptors (Lipinski definition) is 5. The number of carbonyl (C=O) groups excluding carboxylic acids is 2. The zero-order chi connectivity index (χ0) is 31.4. The van der Waals surface area contributed by atoms with Gasteiger partial charge in [0, 0.05) is 49.9 Å². The lowest BCUT2D eigenvalue weighted by Gasteiger charge is -2.26. The number of nitrogens with zero attached hydrogens (tertiary/aromatic N) is 1. The summed E-state index contributed by atoms with van der Waals surface area (Å²) >= 11 is 0. The van der Waals surface area contributed by atoms with Crippen molar-refractivity contribution in [3.8, 4) is 0 Å². The predicted octanol–water partition coefficient (Wildman–Crippen LogP) is 4.74. The van der Waals surface area contributed by atoms with Crippen molar-refractivity contribution in [1.82, 2.24) is 15.5 Å². The molecular formula is C34H44F2N4O3. The molecule has 0 aliphatic carbocycles. The Bertz CT molecular complexity index is 1340. The van der Waals surface area contributed by atoms with Crippen LogP contribution in [-0.2, 0) is 25.9 Å². The lowest BCUT2D eigenvalue weighted by atomic mass is 9.99. The van der Waals surface area contributed by atoms with Gasteiger partial charge in [0.2, 0.25) is 0 Å². The zero-order valence-electron chi connectivity index (χ0n) is 25.3. The van der Waals surface area contributed by atoms with Gasteiger partial charge in [0.1, 0.15) is 11.6 Å². The quantitative estimate of drug-likeness (QED) is 0.192. The van der Waals surface area contributed by atoms with Gasteiger partial charge in [-0.3, -0.25) is 9.59 Å². The fourth-order valence-electron chi connectivity index (χ4n) is 5.09. The van der Waals surface area contributed by atoms with E-state index in [9.17, 15) is 23.5 Å². The van der Waals surface area contributed by atoms with Crippen LogP contribution in [0, 0.1) is 11.6 Å². The number of aliphatic hydroxyl groups is 1. The minimum Gasteiger partial charge on any atom is -0.390 e. The van der Waals surface area contributed by atoms with Gasteiger partial charge < -0.3 is 26.4 Å². The van der Waals surface area contributed by atoms with E-state index in [1.54, 1.807) is 17.0 Å². The predicted molar refractivity (Wildman–Crippen MR) is 166 cm³/mol. The van der Waals surface area contributed by atoms with Crippen molar-refractivity contribution in [2.45, 2.75) is 71.7 Å². The molecule has 0 saturated heterocycles. The lowest BCUT2D eigenvalue weighted by molar-refractivity contribution is 0.0755. The van der Waals surface area contributed by atoms with Crippen LogP contribution >= 0.6 is 0 Å². The van der Waals surface area contributed by atoms with Gasteiger partial charge in [-0.25, -0.2) is 8.78 Å². The molecule has 232 valence electrons. The first-order chi connectivity index (χ1) is 20.7. The molecule has 7 nitrogen and oxygen atoms in total. The number of carbonyl (C=O) groups is 2. The Hall–Kier alpha value is -3.66. The van der Waals surface area contributed by atoms with Crippen molar-refractivity contribution in [2.24, 2.45) is 5.73 Å². The first-order valence-corrected chi connectivity index (χ1v) is 15.0. The second kappa shape index (κ2) is 16.8. The fraction of sp³-hybridized carbons (Fsp3) is 0.412. The van der Waals surface area contributed by atoms with Gasteiger partial charge in [-0.05, 0) is 78.3 Å². The number of nitrogens with one attached hydrogen (secondary N) is 2. The molecule has 0 radical (unpaired) electrons. The van der Waals surface area contributed by atoms with Gasteiger partial charge in [-0.15, -0.1) is 0 Å². The van der Waals surface area contributed by atoms with Crippen molar-refractivity contribution in [1.29, 1.82) is 0 Å². The number of nitrogens with two attached hydrogens (primary N) is 1. The number of hydrogen-bond donors (Lipinski definition) is 4. The molecule has 3 aromatic carbocycles. The molecule has 0 aliphatic heterocycles. The normalized spacial score (nSPS) is 12.5. The summed E-state index contributed by atoms with van der Waals surface area (Å²) in [7, 11) is 0. The summed E-state index contributed by atoms with van der Waals surface area (Å²) in [5.74, 6) is -2.20. The van der Waals surface area contributed by atoms with Gasteiger partial charge in [0.25, 0.3) is 11.8 Å². The summed E-state index contributed by atoms with van der Waals surface area (Å²) in [4.78, 5) is 28.6. The van der Waals surface area contributed by atoms with Crippen LogP contribution in [0.3, 0.4) is 0 Å². The summed E-state index contributed by atoms with van der Waals surface area (Å²) < 4.78 is 28.0. The number of rotatable bonds is 16. The molecule has 3 aromatic rings. The highest BCUT2D eigenvalue weighted by Gasteiger charge is 2.24. The van der Waals surface area contributed by atoms with Crippen molar-refractivity contribution < 1.29 is 23.5 Å². The maximum absolute atomic E-state index is 14.0. The third-order valence-corrected chi connectivity index (χ3v) is 7.25. The summed E-state index contributed by atoms with van der Waals surface area (Å²) in [6, 6.07) is 15.2. The van der Waals surface area contributed by atoms with Gasteiger partial charge >= 0.3 is 0 Å². The Morgan fingerprint density at radius 3 is 2.14 bits per heavy atom. The first-order valence-electron chi connectivity index (χ1n) is 15.0. The largest absolute Gasteiger partial charge is 0.390 e. The minimum atomic E-state index is -1.09. The molecule has 43 heavy (non-hydrogen) atoms. The molecule has 9 heteroatoms. The highest BCUT2D eigenvalue weighted by atomic mass is 19.1. The van der Waals surface area contributed by atoms with Crippen molar-refractivity contribution in [2.75, 3.05) is 19.6 Å². The number of aryl methyl sites for hydroxylation is 1. The van der Waals surface area contributed by atoms with E-state index in [2.05, 4.69) is 23.6 Å². The summed E-state index contributed by atoms with van der Waals surface area (Å²) in [5, 5.41) is 17.2. The summed E-state index contributed by atoms with van der Waals surface area (Å²) in [6.45, 7) is 8.00. The Balaban J connectivity index is 1.83. The molecule has 0 heterocycles. The van der Waals surface area contributed by atoms with E-state index in [0.717, 1.165) is 30.9 Å². The third-order valence-electron chi connectivity index (χ3n) is 7.25. The van der Waals surface area contributed by atoms with E-state index in [0.29, 0.717) is 36.3 Å². The van der Waals surface area contributed by atoms with Crippen molar-refractivity contribution >= 4 is 11.8 Å². The molecule has 0 aromatic heterocycles. The Morgan fingerprint density at radius 2 is 1.51 bits per heavy atom. The molecule has 0 bridgehead atoms. The Kier molecular flexibility index (Phi) is 13.3. The molecule has 0 aliphatic rings. The maximum atomic E-state index is 14.0. The van der Waals surface area contributed by atoms with Gasteiger partial charge in [-0.2, -0.15) is 0 Å². The van der Waals surface area contributed by atoms with E-state index < -0.39 is 29.7 Å². The standard InChI is InChI=1S/C34H44F2N4O3/c1-4-10-40(11-5-2)34(43)28-14-26(20-37)13-27(18-28)33(42)39-31(17-25-15-29(35)19-30(36)16-25)32(41)22-38-21-24-9-7-8-23(6-3)12-24/h7-9,12-16,18-19,31-32,38,41H,4-6,10-11,17,20-22,37H2,1-3H3,(H,39,42). The van der Waals surface area contributed by atoms with Crippen LogP contribution in [0.15, 0.2) is 60.7 Å². The van der Waals surface area contributed by atoms with Crippen LogP contribution < -0.4 is 16.4 Å². The van der Waals surface area contributed by atoms with Crippen molar-refractivity contribution in [3.63, 3.8) is 0 Å². The van der Waals surface area contributed by atoms with E-state index in [1.807, 2.05) is 32.0 Å². The zero-order valence-corrected chi connectivity index (χ0v) is 25.3. The topological polar surface area (TPSA) is 108 Å². The van der Waals surface area contributed by atoms with Crippen molar-refractivity contribution in [3.05, 3.63) is 106 Å². The number of benzene rings is 3.